The van der Waals surface area contributed by atoms with Crippen molar-refractivity contribution in [3.63, 3.8) is 0 Å². The van der Waals surface area contributed by atoms with Crippen LogP contribution in [-0.4, -0.2) is 5.71 Å². The van der Waals surface area contributed by atoms with E-state index in [1.54, 1.807) is 0 Å². The van der Waals surface area contributed by atoms with Gasteiger partial charge < -0.3 is 5.84 Å². The first-order valence-electron chi connectivity index (χ1n) is 4.60. The number of benzene rings is 1. The minimum Gasteiger partial charge on any atom is -0.323 e. The van der Waals surface area contributed by atoms with Gasteiger partial charge in [0, 0.05) is 0 Å². The van der Waals surface area contributed by atoms with Crippen molar-refractivity contribution in [2.75, 3.05) is 0 Å². The largest absolute Gasteiger partial charge is 0.416 e. The zero-order valence-corrected chi connectivity index (χ0v) is 9.02. The fourth-order valence-corrected chi connectivity index (χ4v) is 1.24. The van der Waals surface area contributed by atoms with Crippen LogP contribution in [0.1, 0.15) is 23.6 Å². The van der Waals surface area contributed by atoms with Crippen LogP contribution in [-0.2, 0) is 12.4 Å². The number of nitrogens with zero attached hydrogens (tertiary/aromatic N) is 1. The summed E-state index contributed by atoms with van der Waals surface area (Å²) < 4.78 is 74.8. The van der Waals surface area contributed by atoms with Gasteiger partial charge in [-0.15, -0.1) is 0 Å². The molecule has 0 aliphatic heterocycles. The summed E-state index contributed by atoms with van der Waals surface area (Å²) in [6.07, 6.45) is -9.74. The summed E-state index contributed by atoms with van der Waals surface area (Å²) >= 11 is 0. The highest BCUT2D eigenvalue weighted by molar-refractivity contribution is 5.98. The summed E-state index contributed by atoms with van der Waals surface area (Å²) in [5.74, 6) is 4.85. The van der Waals surface area contributed by atoms with E-state index in [4.69, 9.17) is 5.84 Å². The lowest BCUT2D eigenvalue weighted by molar-refractivity contribution is -0.143. The van der Waals surface area contributed by atoms with Gasteiger partial charge in [0.2, 0.25) is 0 Å². The van der Waals surface area contributed by atoms with Gasteiger partial charge in [-0.25, -0.2) is 0 Å². The van der Waals surface area contributed by atoms with E-state index in [1.807, 2.05) is 0 Å². The fraction of sp³-hybridized carbons (Fsp3) is 0.300. The monoisotopic (exact) mass is 270 g/mol. The molecule has 0 spiro atoms. The van der Waals surface area contributed by atoms with Crippen molar-refractivity contribution in [3.05, 3.63) is 34.9 Å². The third-order valence-corrected chi connectivity index (χ3v) is 2.20. The molecule has 2 nitrogen and oxygen atoms in total. The quantitative estimate of drug-likeness (QED) is 0.361. The Kier molecular flexibility index (Phi) is 3.59. The van der Waals surface area contributed by atoms with Crippen LogP contribution >= 0.6 is 0 Å². The van der Waals surface area contributed by atoms with Crippen molar-refractivity contribution in [1.29, 1.82) is 0 Å². The highest BCUT2D eigenvalue weighted by Gasteiger charge is 2.37. The number of halogens is 6. The van der Waals surface area contributed by atoms with Crippen molar-refractivity contribution < 1.29 is 26.3 Å². The molecular weight excluding hydrogens is 262 g/mol. The molecule has 0 fully saturated rings. The van der Waals surface area contributed by atoms with Crippen LogP contribution in [0, 0.1) is 0 Å². The van der Waals surface area contributed by atoms with E-state index < -0.39 is 23.5 Å². The molecule has 1 aromatic rings. The Hall–Kier alpha value is -1.73. The number of hydrogen-bond acceptors (Lipinski definition) is 2. The lowest BCUT2D eigenvalue weighted by Gasteiger charge is -2.13. The van der Waals surface area contributed by atoms with E-state index in [2.05, 4.69) is 5.10 Å². The average molecular weight is 270 g/mol. The van der Waals surface area contributed by atoms with Crippen LogP contribution < -0.4 is 5.84 Å². The van der Waals surface area contributed by atoms with E-state index in [-0.39, 0.29) is 17.3 Å². The van der Waals surface area contributed by atoms with Gasteiger partial charge in [0.25, 0.3) is 0 Å². The summed E-state index contributed by atoms with van der Waals surface area (Å²) in [5.41, 5.74) is -3.23. The molecule has 0 aliphatic carbocycles. The molecule has 8 heteroatoms. The Labute approximate surface area is 98.1 Å². The average Bonchev–Trinajstić information content (AvgIpc) is 2.25. The van der Waals surface area contributed by atoms with E-state index in [0.717, 1.165) is 0 Å². The van der Waals surface area contributed by atoms with Gasteiger partial charge in [-0.05, 0) is 30.7 Å². The molecular formula is C10H8F6N2. The molecule has 0 aromatic heterocycles. The summed E-state index contributed by atoms with van der Waals surface area (Å²) in [5, 5.41) is 3.09. The summed E-state index contributed by atoms with van der Waals surface area (Å²) in [6.45, 7) is 1.22. The highest BCUT2D eigenvalue weighted by Crippen LogP contribution is 2.36. The zero-order chi connectivity index (χ0) is 14.1. The molecule has 100 valence electrons. The first kappa shape index (κ1) is 14.3. The molecule has 0 amide bonds. The van der Waals surface area contributed by atoms with Crippen molar-refractivity contribution in [2.45, 2.75) is 19.3 Å². The fourth-order valence-electron chi connectivity index (χ4n) is 1.24. The van der Waals surface area contributed by atoms with E-state index in [9.17, 15) is 26.3 Å². The molecule has 1 rings (SSSR count). The van der Waals surface area contributed by atoms with Gasteiger partial charge in [0.1, 0.15) is 0 Å². The van der Waals surface area contributed by atoms with Crippen molar-refractivity contribution in [3.8, 4) is 0 Å². The summed E-state index contributed by atoms with van der Waals surface area (Å²) in [7, 11) is 0. The molecule has 0 bridgehead atoms. The maximum absolute atomic E-state index is 12.5. The Bertz CT molecular complexity index is 440. The van der Waals surface area contributed by atoms with Gasteiger partial charge in [0.05, 0.1) is 16.8 Å². The van der Waals surface area contributed by atoms with E-state index >= 15 is 0 Å². The van der Waals surface area contributed by atoms with Crippen LogP contribution in [0.15, 0.2) is 23.3 Å². The lowest BCUT2D eigenvalue weighted by atomic mass is 10.0. The summed E-state index contributed by atoms with van der Waals surface area (Å²) in [4.78, 5) is 0. The molecule has 0 radical (unpaired) electrons. The van der Waals surface area contributed by atoms with E-state index in [0.29, 0.717) is 12.1 Å². The van der Waals surface area contributed by atoms with Gasteiger partial charge in [-0.2, -0.15) is 31.4 Å². The van der Waals surface area contributed by atoms with Crippen molar-refractivity contribution >= 4 is 5.71 Å². The number of hydrogen-bond donors (Lipinski definition) is 1. The SMILES string of the molecule is C/C(=N\N)c1cc(C(F)(F)F)cc(C(F)(F)F)c1. The molecule has 0 unspecified atom stereocenters. The van der Waals surface area contributed by atoms with Crippen LogP contribution in [0.25, 0.3) is 0 Å². The highest BCUT2D eigenvalue weighted by atomic mass is 19.4. The number of rotatable bonds is 1. The second kappa shape index (κ2) is 4.51. The minimum absolute atomic E-state index is 0.0489. The molecule has 2 N–H and O–H groups in total. The van der Waals surface area contributed by atoms with Crippen LogP contribution in [0.2, 0.25) is 0 Å². The smallest absolute Gasteiger partial charge is 0.323 e. The molecule has 0 saturated heterocycles. The number of hydrazone groups is 1. The molecule has 18 heavy (non-hydrogen) atoms. The molecule has 0 aliphatic rings. The molecule has 0 heterocycles. The third kappa shape index (κ3) is 3.14. The maximum atomic E-state index is 12.5. The topological polar surface area (TPSA) is 38.4 Å². The van der Waals surface area contributed by atoms with Crippen LogP contribution in [0.3, 0.4) is 0 Å². The van der Waals surface area contributed by atoms with Crippen LogP contribution in [0.5, 0.6) is 0 Å². The van der Waals surface area contributed by atoms with E-state index in [1.165, 1.54) is 6.92 Å². The van der Waals surface area contributed by atoms with Gasteiger partial charge >= 0.3 is 12.4 Å². The summed E-state index contributed by atoms with van der Waals surface area (Å²) in [6, 6.07) is 1.19. The third-order valence-electron chi connectivity index (χ3n) is 2.20. The van der Waals surface area contributed by atoms with Gasteiger partial charge in [0.15, 0.2) is 0 Å². The Morgan fingerprint density at radius 1 is 0.944 bits per heavy atom. The van der Waals surface area contributed by atoms with Crippen molar-refractivity contribution in [2.24, 2.45) is 10.9 Å². The second-order valence-corrected chi connectivity index (χ2v) is 3.51. The Morgan fingerprint density at radius 3 is 1.61 bits per heavy atom. The maximum Gasteiger partial charge on any atom is 0.416 e. The zero-order valence-electron chi connectivity index (χ0n) is 9.02. The first-order chi connectivity index (χ1) is 8.05. The van der Waals surface area contributed by atoms with Crippen molar-refractivity contribution in [1.82, 2.24) is 0 Å². The Balaban J connectivity index is 3.49. The molecule has 0 saturated carbocycles. The Morgan fingerprint density at radius 2 is 1.33 bits per heavy atom. The molecule has 0 atom stereocenters. The standard InChI is InChI=1S/C10H8F6N2/c1-5(18-17)6-2-7(9(11,12)13)4-8(3-6)10(14,15)16/h2-4H,17H2,1H3/b18-5+. The normalized spacial score (nSPS) is 13.8. The van der Waals surface area contributed by atoms with Gasteiger partial charge in [-0.3, -0.25) is 0 Å². The number of nitrogens with two attached hydrogens (primary N) is 1. The number of alkyl halides is 6. The first-order valence-corrected chi connectivity index (χ1v) is 4.60. The van der Waals surface area contributed by atoms with Crippen LogP contribution in [0.4, 0.5) is 26.3 Å². The van der Waals surface area contributed by atoms with Gasteiger partial charge in [-0.1, -0.05) is 0 Å². The minimum atomic E-state index is -4.87. The predicted octanol–water partition coefficient (Wildman–Crippen LogP) is 3.41. The predicted molar refractivity (Wildman–Crippen MR) is 52.8 cm³/mol. The molecule has 1 aromatic carbocycles. The second-order valence-electron chi connectivity index (χ2n) is 3.51. The lowest BCUT2D eigenvalue weighted by Crippen LogP contribution is -2.13.